The summed E-state index contributed by atoms with van der Waals surface area (Å²) < 4.78 is 27.4. The number of benzene rings is 3. The summed E-state index contributed by atoms with van der Waals surface area (Å²) in [7, 11) is 0. The van der Waals surface area contributed by atoms with Crippen LogP contribution >= 0.6 is 23.4 Å². The Kier molecular flexibility index (Phi) is 12.1. The lowest BCUT2D eigenvalue weighted by atomic mass is 10.1. The maximum absolute atomic E-state index is 13.7. The first-order valence-corrected chi connectivity index (χ1v) is 15.2. The summed E-state index contributed by atoms with van der Waals surface area (Å²) in [4.78, 5) is 28.9. The van der Waals surface area contributed by atoms with Gasteiger partial charge in [-0.3, -0.25) is 9.69 Å². The summed E-state index contributed by atoms with van der Waals surface area (Å²) in [6, 6.07) is 20.5. The van der Waals surface area contributed by atoms with Crippen LogP contribution in [0.2, 0.25) is 5.02 Å². The van der Waals surface area contributed by atoms with E-state index in [0.717, 1.165) is 21.2 Å². The zero-order chi connectivity index (χ0) is 30.7. The van der Waals surface area contributed by atoms with Crippen LogP contribution in [-0.4, -0.2) is 70.4 Å². The third-order valence-corrected chi connectivity index (χ3v) is 7.31. The third kappa shape index (κ3) is 10.1. The van der Waals surface area contributed by atoms with Crippen molar-refractivity contribution in [2.24, 2.45) is 0 Å². The van der Waals surface area contributed by atoms with Gasteiger partial charge in [-0.05, 0) is 75.4 Å². The van der Waals surface area contributed by atoms with Gasteiger partial charge in [0.1, 0.15) is 18.0 Å². The Bertz CT molecular complexity index is 1360. The van der Waals surface area contributed by atoms with Crippen molar-refractivity contribution in [3.8, 4) is 5.75 Å². The molecular weight excluding hydrogens is 592 g/mol. The Balaban J connectivity index is 1.11. The van der Waals surface area contributed by atoms with Crippen molar-refractivity contribution in [2.45, 2.75) is 36.2 Å². The van der Waals surface area contributed by atoms with Crippen molar-refractivity contribution in [2.75, 3.05) is 57.7 Å². The smallest absolute Gasteiger partial charge is 0.407 e. The van der Waals surface area contributed by atoms with E-state index < -0.39 is 11.7 Å². The molecule has 4 rings (SSSR count). The molecule has 0 aliphatic carbocycles. The number of amides is 2. The average molecular weight is 629 g/mol. The van der Waals surface area contributed by atoms with E-state index in [9.17, 15) is 9.59 Å². The Morgan fingerprint density at radius 3 is 2.12 bits per heavy atom. The van der Waals surface area contributed by atoms with Gasteiger partial charge in [0, 0.05) is 26.9 Å². The van der Waals surface area contributed by atoms with Gasteiger partial charge >= 0.3 is 6.09 Å². The molecule has 3 aromatic rings. The molecule has 1 heterocycles. The van der Waals surface area contributed by atoms with Gasteiger partial charge in [-0.15, -0.1) is 0 Å². The molecule has 43 heavy (non-hydrogen) atoms. The lowest BCUT2D eigenvalue weighted by Gasteiger charge is -2.31. The van der Waals surface area contributed by atoms with E-state index in [4.69, 9.17) is 35.3 Å². The number of para-hydroxylation sites is 1. The minimum atomic E-state index is -0.522. The molecule has 2 amide bonds. The molecule has 3 aromatic carbocycles. The molecule has 0 radical (unpaired) electrons. The molecule has 0 saturated carbocycles. The number of carbonyl (C=O) groups excluding carboxylic acids is 2. The number of carbonyl (C=O) groups is 2. The van der Waals surface area contributed by atoms with Gasteiger partial charge in [-0.25, -0.2) is 4.79 Å². The van der Waals surface area contributed by atoms with Crippen LogP contribution in [0.5, 0.6) is 5.75 Å². The van der Waals surface area contributed by atoms with Crippen LogP contribution in [0, 0.1) is 0 Å². The lowest BCUT2D eigenvalue weighted by Crippen LogP contribution is -2.34. The normalized spacial score (nSPS) is 12.3. The molecule has 230 valence electrons. The molecule has 0 unspecified atom stereocenters. The molecule has 9 nitrogen and oxygen atoms in total. The van der Waals surface area contributed by atoms with Crippen molar-refractivity contribution < 1.29 is 33.3 Å². The van der Waals surface area contributed by atoms with E-state index >= 15 is 0 Å². The van der Waals surface area contributed by atoms with E-state index in [1.54, 1.807) is 40.9 Å². The molecule has 0 atom stereocenters. The van der Waals surface area contributed by atoms with Crippen molar-refractivity contribution in [3.05, 3.63) is 77.3 Å². The number of fused-ring (bicyclic) bond motifs is 2. The minimum Gasteiger partial charge on any atom is -0.491 e. The van der Waals surface area contributed by atoms with Gasteiger partial charge in [-0.1, -0.05) is 35.5 Å². The van der Waals surface area contributed by atoms with Crippen LogP contribution in [-0.2, 0) is 18.9 Å². The Hall–Kier alpha value is -3.28. The number of anilines is 2. The number of hydrogen-bond acceptors (Lipinski definition) is 8. The van der Waals surface area contributed by atoms with Crippen molar-refractivity contribution in [1.29, 1.82) is 0 Å². The van der Waals surface area contributed by atoms with Gasteiger partial charge < -0.3 is 29.0 Å². The van der Waals surface area contributed by atoms with E-state index in [2.05, 4.69) is 5.32 Å². The quantitative estimate of drug-likeness (QED) is 0.196. The van der Waals surface area contributed by atoms with E-state index in [-0.39, 0.29) is 5.91 Å². The predicted octanol–water partition coefficient (Wildman–Crippen LogP) is 6.74. The van der Waals surface area contributed by atoms with Crippen LogP contribution < -0.4 is 15.0 Å². The maximum Gasteiger partial charge on any atom is 0.407 e. The molecule has 0 bridgehead atoms. The molecule has 0 aromatic heterocycles. The third-order valence-electron chi connectivity index (χ3n) is 5.95. The van der Waals surface area contributed by atoms with Crippen molar-refractivity contribution >= 4 is 46.7 Å². The molecule has 1 N–H and O–H groups in total. The molecule has 0 spiro atoms. The predicted molar refractivity (Wildman–Crippen MR) is 167 cm³/mol. The highest BCUT2D eigenvalue weighted by Gasteiger charge is 2.29. The minimum absolute atomic E-state index is 0.144. The van der Waals surface area contributed by atoms with Crippen LogP contribution in [0.1, 0.15) is 31.1 Å². The van der Waals surface area contributed by atoms with Crippen LogP contribution in [0.3, 0.4) is 0 Å². The van der Waals surface area contributed by atoms with Crippen LogP contribution in [0.25, 0.3) is 0 Å². The fourth-order valence-electron chi connectivity index (χ4n) is 4.07. The molecule has 11 heteroatoms. The van der Waals surface area contributed by atoms with Crippen LogP contribution in [0.4, 0.5) is 16.2 Å². The first-order valence-electron chi connectivity index (χ1n) is 14.0. The average Bonchev–Trinajstić information content (AvgIpc) is 2.97. The van der Waals surface area contributed by atoms with Crippen molar-refractivity contribution in [1.82, 2.24) is 5.32 Å². The van der Waals surface area contributed by atoms with Gasteiger partial charge in [0.2, 0.25) is 0 Å². The number of ether oxygens (including phenoxy) is 5. The first kappa shape index (κ1) is 32.6. The topological polar surface area (TPSA) is 95.6 Å². The van der Waals surface area contributed by atoms with Crippen LogP contribution in [0.15, 0.2) is 76.5 Å². The first-order chi connectivity index (χ1) is 20.7. The fraction of sp³-hybridized carbons (Fsp3) is 0.375. The summed E-state index contributed by atoms with van der Waals surface area (Å²) >= 11 is 7.91. The summed E-state index contributed by atoms with van der Waals surface area (Å²) in [5, 5.41) is 3.20. The summed E-state index contributed by atoms with van der Waals surface area (Å²) in [6.45, 7) is 8.65. The fourth-order valence-corrected chi connectivity index (χ4v) is 5.27. The number of hydrogen-bond donors (Lipinski definition) is 1. The highest BCUT2D eigenvalue weighted by atomic mass is 35.5. The van der Waals surface area contributed by atoms with Gasteiger partial charge in [0.05, 0.1) is 51.0 Å². The molecular formula is C32H37ClN2O7S. The second kappa shape index (κ2) is 16.0. The Morgan fingerprint density at radius 2 is 1.42 bits per heavy atom. The standard InChI is InChI=1S/C32H37ClN2O7S/c1-32(2,3)42-31(37)34-14-15-38-16-17-39-18-19-40-20-21-41-25-11-8-23(9-12-25)30(36)35-26-6-4-5-7-28(26)43-29-13-10-24(33)22-27(29)35/h4-13,22H,14-21H2,1-3H3,(H,34,37). The van der Waals surface area contributed by atoms with Gasteiger partial charge in [0.25, 0.3) is 5.91 Å². The number of nitrogens with one attached hydrogen (secondary N) is 1. The SMILES string of the molecule is CC(C)(C)OC(=O)NCCOCCOCCOCCOc1ccc(C(=O)N2c3ccccc3Sc3ccc(Cl)cc32)cc1. The monoisotopic (exact) mass is 628 g/mol. The Labute approximate surface area is 261 Å². The number of alkyl carbamates (subject to hydrolysis) is 1. The zero-order valence-corrected chi connectivity index (χ0v) is 26.2. The lowest BCUT2D eigenvalue weighted by molar-refractivity contribution is 0.00904. The van der Waals surface area contributed by atoms with Gasteiger partial charge in [-0.2, -0.15) is 0 Å². The molecule has 0 fully saturated rings. The summed E-state index contributed by atoms with van der Waals surface area (Å²) in [5.41, 5.74) is 1.61. The molecule has 1 aliphatic heterocycles. The Morgan fingerprint density at radius 1 is 0.791 bits per heavy atom. The number of rotatable bonds is 14. The summed E-state index contributed by atoms with van der Waals surface area (Å²) in [6.07, 6.45) is -0.461. The molecule has 1 aliphatic rings. The van der Waals surface area contributed by atoms with E-state index in [0.29, 0.717) is 69.1 Å². The highest BCUT2D eigenvalue weighted by molar-refractivity contribution is 7.99. The number of halogens is 1. The highest BCUT2D eigenvalue weighted by Crippen LogP contribution is 2.49. The number of nitrogens with zero attached hydrogens (tertiary/aromatic N) is 1. The maximum atomic E-state index is 13.7. The second-order valence-corrected chi connectivity index (χ2v) is 12.0. The molecule has 0 saturated heterocycles. The zero-order valence-electron chi connectivity index (χ0n) is 24.6. The van der Waals surface area contributed by atoms with Gasteiger partial charge in [0.15, 0.2) is 0 Å². The van der Waals surface area contributed by atoms with E-state index in [1.165, 1.54) is 0 Å². The largest absolute Gasteiger partial charge is 0.491 e. The second-order valence-electron chi connectivity index (χ2n) is 10.5. The summed E-state index contributed by atoms with van der Waals surface area (Å²) in [5.74, 6) is 0.502. The van der Waals surface area contributed by atoms with E-state index in [1.807, 2.05) is 63.2 Å². The van der Waals surface area contributed by atoms with Crippen molar-refractivity contribution in [3.63, 3.8) is 0 Å².